The lowest BCUT2D eigenvalue weighted by Gasteiger charge is -2.10. The predicted octanol–water partition coefficient (Wildman–Crippen LogP) is 5.24. The van der Waals surface area contributed by atoms with Crippen LogP contribution in [0.2, 0.25) is 0 Å². The van der Waals surface area contributed by atoms with Gasteiger partial charge in [0.2, 0.25) is 0 Å². The van der Waals surface area contributed by atoms with Crippen LogP contribution in [-0.2, 0) is 18.8 Å². The van der Waals surface area contributed by atoms with E-state index in [1.54, 1.807) is 48.7 Å². The van der Waals surface area contributed by atoms with Crippen LogP contribution in [0.1, 0.15) is 27.0 Å². The number of halogens is 1. The number of hydrogen-bond acceptors (Lipinski definition) is 5. The van der Waals surface area contributed by atoms with Gasteiger partial charge in [-0.2, -0.15) is 0 Å². The highest BCUT2D eigenvalue weighted by Gasteiger charge is 2.14. The van der Waals surface area contributed by atoms with Gasteiger partial charge in [-0.25, -0.2) is 9.37 Å². The molecule has 8 heteroatoms. The number of aromatic nitrogens is 4. The fraction of sp³-hybridized carbons (Fsp3) is 0.111. The molecule has 1 N–H and O–H groups in total. The van der Waals surface area contributed by atoms with Gasteiger partial charge in [0.15, 0.2) is 5.16 Å². The van der Waals surface area contributed by atoms with Gasteiger partial charge in [-0.1, -0.05) is 48.2 Å². The third kappa shape index (κ3) is 5.38. The zero-order valence-electron chi connectivity index (χ0n) is 18.8. The van der Waals surface area contributed by atoms with E-state index in [1.807, 2.05) is 53.1 Å². The van der Waals surface area contributed by atoms with E-state index in [2.05, 4.69) is 15.3 Å². The number of nitrogens with zero attached hydrogens (tertiary/aromatic N) is 4. The maximum absolute atomic E-state index is 14.3. The Kier molecular flexibility index (Phi) is 6.81. The molecule has 0 aliphatic rings. The van der Waals surface area contributed by atoms with Crippen molar-refractivity contribution >= 4 is 28.7 Å². The van der Waals surface area contributed by atoms with Crippen molar-refractivity contribution in [2.75, 3.05) is 0 Å². The van der Waals surface area contributed by atoms with Crippen molar-refractivity contribution < 1.29 is 9.18 Å². The third-order valence-electron chi connectivity index (χ3n) is 5.56. The van der Waals surface area contributed by atoms with Crippen LogP contribution in [0.25, 0.3) is 11.0 Å². The van der Waals surface area contributed by atoms with E-state index in [9.17, 15) is 9.18 Å². The van der Waals surface area contributed by atoms with Crippen LogP contribution < -0.4 is 5.32 Å². The largest absolute Gasteiger partial charge is 0.348 e. The van der Waals surface area contributed by atoms with Gasteiger partial charge in [-0.15, -0.1) is 0 Å². The lowest BCUT2D eigenvalue weighted by atomic mass is 10.1. The SMILES string of the molecule is O=C(NCc1cccnc1)c1ccc(CSc2nc3ccncc3n2Cc2ccccc2F)cc1. The third-order valence-corrected chi connectivity index (χ3v) is 6.61. The Morgan fingerprint density at radius 2 is 1.74 bits per heavy atom. The van der Waals surface area contributed by atoms with Crippen molar-refractivity contribution in [3.63, 3.8) is 0 Å². The molecule has 0 spiro atoms. The average Bonchev–Trinajstić information content (AvgIpc) is 3.25. The zero-order chi connectivity index (χ0) is 24.0. The summed E-state index contributed by atoms with van der Waals surface area (Å²) in [6.07, 6.45) is 6.89. The number of fused-ring (bicyclic) bond motifs is 1. The Bertz CT molecular complexity index is 1450. The number of nitrogens with one attached hydrogen (secondary N) is 1. The van der Waals surface area contributed by atoms with E-state index in [4.69, 9.17) is 4.98 Å². The first-order valence-corrected chi connectivity index (χ1v) is 12.1. The maximum atomic E-state index is 14.3. The number of pyridine rings is 2. The molecule has 0 aliphatic carbocycles. The van der Waals surface area contributed by atoms with Crippen molar-refractivity contribution in [1.29, 1.82) is 0 Å². The molecule has 1 amide bonds. The Morgan fingerprint density at radius 3 is 2.54 bits per heavy atom. The van der Waals surface area contributed by atoms with Crippen molar-refractivity contribution in [1.82, 2.24) is 24.8 Å². The second kappa shape index (κ2) is 10.5. The van der Waals surface area contributed by atoms with Gasteiger partial charge in [0.05, 0.1) is 23.8 Å². The quantitative estimate of drug-likeness (QED) is 0.306. The molecule has 6 nitrogen and oxygen atoms in total. The van der Waals surface area contributed by atoms with E-state index in [-0.39, 0.29) is 11.7 Å². The van der Waals surface area contributed by atoms with Crippen LogP contribution in [0.4, 0.5) is 4.39 Å². The monoisotopic (exact) mass is 483 g/mol. The highest BCUT2D eigenvalue weighted by atomic mass is 32.2. The van der Waals surface area contributed by atoms with E-state index < -0.39 is 0 Å². The second-order valence-electron chi connectivity index (χ2n) is 7.97. The minimum Gasteiger partial charge on any atom is -0.348 e. The number of rotatable bonds is 8. The molecule has 5 rings (SSSR count). The van der Waals surface area contributed by atoms with Crippen LogP contribution >= 0.6 is 11.8 Å². The standard InChI is InChI=1S/C27H22FN5OS/c28-23-6-2-1-5-22(23)17-33-25-16-30-13-11-24(25)32-27(33)35-18-19-7-9-21(10-8-19)26(34)31-15-20-4-3-12-29-14-20/h1-14,16H,15,17-18H2,(H,31,34). The molecule has 3 heterocycles. The first-order chi connectivity index (χ1) is 17.2. The van der Waals surface area contributed by atoms with E-state index in [0.717, 1.165) is 27.3 Å². The van der Waals surface area contributed by atoms with Crippen molar-refractivity contribution in [3.05, 3.63) is 120 Å². The predicted molar refractivity (Wildman–Crippen MR) is 134 cm³/mol. The van der Waals surface area contributed by atoms with Crippen molar-refractivity contribution in [2.45, 2.75) is 24.0 Å². The van der Waals surface area contributed by atoms with Gasteiger partial charge < -0.3 is 9.88 Å². The molecule has 35 heavy (non-hydrogen) atoms. The van der Waals surface area contributed by atoms with Gasteiger partial charge in [0, 0.05) is 42.0 Å². The Morgan fingerprint density at radius 1 is 0.914 bits per heavy atom. The van der Waals surface area contributed by atoms with Gasteiger partial charge in [-0.05, 0) is 41.5 Å². The molecular weight excluding hydrogens is 461 g/mol. The summed E-state index contributed by atoms with van der Waals surface area (Å²) in [5.41, 5.74) is 4.88. The zero-order valence-corrected chi connectivity index (χ0v) is 19.6. The first-order valence-electron chi connectivity index (χ1n) is 11.1. The number of carbonyl (C=O) groups excluding carboxylic acids is 1. The number of imidazole rings is 1. The molecular formula is C27H22FN5OS. The Balaban J connectivity index is 1.28. The normalized spacial score (nSPS) is 11.0. The average molecular weight is 484 g/mol. The summed E-state index contributed by atoms with van der Waals surface area (Å²) >= 11 is 1.57. The van der Waals surface area contributed by atoms with E-state index >= 15 is 0 Å². The summed E-state index contributed by atoms with van der Waals surface area (Å²) in [5, 5.41) is 3.70. The lowest BCUT2D eigenvalue weighted by Crippen LogP contribution is -2.22. The highest BCUT2D eigenvalue weighted by molar-refractivity contribution is 7.98. The molecule has 5 aromatic rings. The lowest BCUT2D eigenvalue weighted by molar-refractivity contribution is 0.0951. The molecule has 3 aromatic heterocycles. The van der Waals surface area contributed by atoms with Gasteiger partial charge in [0.1, 0.15) is 5.82 Å². The molecule has 0 radical (unpaired) electrons. The number of carbonyl (C=O) groups is 1. The van der Waals surface area contributed by atoms with Crippen molar-refractivity contribution in [3.8, 4) is 0 Å². The molecule has 0 aliphatic heterocycles. The smallest absolute Gasteiger partial charge is 0.251 e. The van der Waals surface area contributed by atoms with Gasteiger partial charge in [0.25, 0.3) is 5.91 Å². The highest BCUT2D eigenvalue weighted by Crippen LogP contribution is 2.28. The Hall–Kier alpha value is -4.04. The Labute approximate surface area is 206 Å². The molecule has 0 bridgehead atoms. The molecule has 174 valence electrons. The number of thioether (sulfide) groups is 1. The number of hydrogen-bond donors (Lipinski definition) is 1. The van der Waals surface area contributed by atoms with Crippen LogP contribution in [0, 0.1) is 5.82 Å². The minimum absolute atomic E-state index is 0.132. The summed E-state index contributed by atoms with van der Waals surface area (Å²) in [7, 11) is 0. The van der Waals surface area contributed by atoms with Crippen LogP contribution in [0.5, 0.6) is 0 Å². The van der Waals surface area contributed by atoms with Crippen LogP contribution in [-0.4, -0.2) is 25.4 Å². The van der Waals surface area contributed by atoms with E-state index in [0.29, 0.717) is 30.0 Å². The second-order valence-corrected chi connectivity index (χ2v) is 8.91. The summed E-state index contributed by atoms with van der Waals surface area (Å²) in [5.74, 6) is 0.282. The van der Waals surface area contributed by atoms with Crippen LogP contribution in [0.3, 0.4) is 0 Å². The maximum Gasteiger partial charge on any atom is 0.251 e. The van der Waals surface area contributed by atoms with E-state index in [1.165, 1.54) is 6.07 Å². The fourth-order valence-electron chi connectivity index (χ4n) is 3.70. The topological polar surface area (TPSA) is 72.7 Å². The van der Waals surface area contributed by atoms with Gasteiger partial charge >= 0.3 is 0 Å². The summed E-state index contributed by atoms with van der Waals surface area (Å²) < 4.78 is 16.3. The fourth-order valence-corrected chi connectivity index (χ4v) is 4.66. The number of benzene rings is 2. The molecule has 0 unspecified atom stereocenters. The first kappa shape index (κ1) is 22.7. The van der Waals surface area contributed by atoms with Gasteiger partial charge in [-0.3, -0.25) is 14.8 Å². The molecule has 2 aromatic carbocycles. The minimum atomic E-state index is -0.244. The summed E-state index contributed by atoms with van der Waals surface area (Å²) in [6.45, 7) is 0.796. The van der Waals surface area contributed by atoms with Crippen LogP contribution in [0.15, 0.2) is 96.7 Å². The molecule has 0 fully saturated rings. The molecule has 0 atom stereocenters. The molecule has 0 saturated heterocycles. The number of amides is 1. The molecule has 0 saturated carbocycles. The van der Waals surface area contributed by atoms with Crippen molar-refractivity contribution in [2.24, 2.45) is 0 Å². The summed E-state index contributed by atoms with van der Waals surface area (Å²) in [4.78, 5) is 25.5. The summed E-state index contributed by atoms with van der Waals surface area (Å²) in [6, 6.07) is 19.9.